The van der Waals surface area contributed by atoms with Crippen molar-refractivity contribution in [2.24, 2.45) is 0 Å². The third-order valence-corrected chi connectivity index (χ3v) is 20.1. The van der Waals surface area contributed by atoms with E-state index in [4.69, 9.17) is 19.3 Å². The Morgan fingerprint density at radius 1 is 0.775 bits per heavy atom. The van der Waals surface area contributed by atoms with Gasteiger partial charge in [0.2, 0.25) is 25.9 Å². The van der Waals surface area contributed by atoms with Crippen LogP contribution < -0.4 is 23.8 Å². The smallest absolute Gasteiger partial charge is 0.407 e. The normalized spacial score (nSPS) is 14.1. The molecule has 71 heavy (non-hydrogen) atoms. The first-order chi connectivity index (χ1) is 33.3. The monoisotopic (exact) mass is 1050 g/mol. The van der Waals surface area contributed by atoms with Crippen LogP contribution in [-0.4, -0.2) is 138 Å². The first kappa shape index (κ1) is 54.7. The standard InChI is InChI=1S/C48H66N8O11S3Si/c1-48(2,3)55(47(57)58)29-26-49-69(61,62)41-24-27-53(28-25-41)42-22-23-43(68(59,60)30-31-71(7,8)9)45(44(42)46-50-52-56(51-46)34-37-14-20-40(67-6)21-15-37)70(63,64)54(32-35-10-16-38(65-4)17-11-35)33-36-12-18-39(66-5)19-13-36/h10-23,41,49H,24-34H2,1-9H3,(H,57,58). The van der Waals surface area contributed by atoms with Crippen molar-refractivity contribution in [1.82, 2.24) is 34.1 Å². The van der Waals surface area contributed by atoms with Gasteiger partial charge in [-0.25, -0.2) is 34.8 Å². The molecule has 1 aromatic heterocycles. The quantitative estimate of drug-likeness (QED) is 0.0697. The lowest BCUT2D eigenvalue weighted by molar-refractivity contribution is 0.102. The van der Waals surface area contributed by atoms with Gasteiger partial charge in [0.05, 0.1) is 49.3 Å². The van der Waals surface area contributed by atoms with Crippen LogP contribution in [0.4, 0.5) is 10.5 Å². The van der Waals surface area contributed by atoms with E-state index in [9.17, 15) is 26.7 Å². The van der Waals surface area contributed by atoms with Crippen molar-refractivity contribution < 1.29 is 49.4 Å². The highest BCUT2D eigenvalue weighted by molar-refractivity contribution is 7.93. The zero-order valence-electron chi connectivity index (χ0n) is 41.8. The summed E-state index contributed by atoms with van der Waals surface area (Å²) in [4.78, 5) is 15.3. The average Bonchev–Trinajstić information content (AvgIpc) is 3.79. The number of nitrogens with one attached hydrogen (secondary N) is 1. The zero-order chi connectivity index (χ0) is 51.9. The second-order valence-electron chi connectivity index (χ2n) is 19.6. The Kier molecular flexibility index (Phi) is 17.3. The lowest BCUT2D eigenvalue weighted by Crippen LogP contribution is -2.50. The number of amides is 1. The fourth-order valence-electron chi connectivity index (χ4n) is 8.16. The number of methoxy groups -OCH3 is 3. The van der Waals surface area contributed by atoms with Crippen LogP contribution in [0.2, 0.25) is 25.7 Å². The Hall–Kier alpha value is -5.59. The summed E-state index contributed by atoms with van der Waals surface area (Å²) in [7, 11) is -10.5. The number of sulfone groups is 1. The van der Waals surface area contributed by atoms with Crippen LogP contribution in [0.15, 0.2) is 94.7 Å². The van der Waals surface area contributed by atoms with Gasteiger partial charge < -0.3 is 29.1 Å². The molecule has 0 radical (unpaired) electrons. The maximum Gasteiger partial charge on any atom is 0.407 e. The van der Waals surface area contributed by atoms with E-state index in [2.05, 4.69) is 15.0 Å². The van der Waals surface area contributed by atoms with Crippen molar-refractivity contribution in [2.45, 2.75) is 99.5 Å². The largest absolute Gasteiger partial charge is 0.497 e. The molecule has 2 N–H and O–H groups in total. The van der Waals surface area contributed by atoms with Gasteiger partial charge in [0.15, 0.2) is 9.84 Å². The predicted octanol–water partition coefficient (Wildman–Crippen LogP) is 6.58. The lowest BCUT2D eigenvalue weighted by atomic mass is 10.1. The van der Waals surface area contributed by atoms with E-state index >= 15 is 8.42 Å². The SMILES string of the molecule is COc1ccc(CN(Cc2ccc(OC)cc2)S(=O)(=O)c2c(S(=O)(=O)CC[Si](C)(C)C)ccc(N3CCC(S(=O)(=O)NCCN(C(=O)O)C(C)(C)C)CC3)c2-c2nnn(Cc3ccc(OC)cc3)n2)cc1. The zero-order valence-corrected chi connectivity index (χ0v) is 45.3. The van der Waals surface area contributed by atoms with Gasteiger partial charge in [-0.3, -0.25) is 0 Å². The molecular formula is C48H66N8O11S3Si. The molecule has 1 aliphatic rings. The minimum atomic E-state index is -4.87. The number of ether oxygens (including phenoxy) is 3. The second-order valence-corrected chi connectivity index (χ2v) is 31.2. The van der Waals surface area contributed by atoms with Crippen LogP contribution in [0.25, 0.3) is 11.4 Å². The minimum Gasteiger partial charge on any atom is -0.497 e. The number of anilines is 1. The van der Waals surface area contributed by atoms with Crippen molar-refractivity contribution in [3.63, 3.8) is 0 Å². The number of piperidine rings is 1. The van der Waals surface area contributed by atoms with Gasteiger partial charge in [0.1, 0.15) is 22.1 Å². The van der Waals surface area contributed by atoms with Crippen molar-refractivity contribution in [3.05, 3.63) is 102 Å². The topological polar surface area (TPSA) is 233 Å². The number of hydrogen-bond donors (Lipinski definition) is 2. The molecule has 0 spiro atoms. The molecule has 5 aromatic rings. The molecule has 0 bridgehead atoms. The van der Waals surface area contributed by atoms with Crippen molar-refractivity contribution in [1.29, 1.82) is 0 Å². The Morgan fingerprint density at radius 2 is 1.28 bits per heavy atom. The highest BCUT2D eigenvalue weighted by atomic mass is 32.2. The second kappa shape index (κ2) is 22.4. The number of aromatic nitrogens is 4. The summed E-state index contributed by atoms with van der Waals surface area (Å²) in [6, 6.07) is 24.3. The molecule has 0 aliphatic carbocycles. The van der Waals surface area contributed by atoms with Crippen molar-refractivity contribution >= 4 is 49.7 Å². The summed E-state index contributed by atoms with van der Waals surface area (Å²) in [5, 5.41) is 22.4. The molecule has 1 aliphatic heterocycles. The number of carboxylic acid groups (broad SMARTS) is 1. The number of benzene rings is 4. The maximum absolute atomic E-state index is 16.1. The average molecular weight is 1060 g/mol. The van der Waals surface area contributed by atoms with Crippen molar-refractivity contribution in [3.8, 4) is 28.6 Å². The van der Waals surface area contributed by atoms with Crippen LogP contribution in [-0.2, 0) is 49.5 Å². The van der Waals surface area contributed by atoms with E-state index in [-0.39, 0.29) is 81.5 Å². The predicted molar refractivity (Wildman–Crippen MR) is 275 cm³/mol. The Bertz CT molecular complexity index is 2910. The fraction of sp³-hybridized carbons (Fsp3) is 0.458. The first-order valence-corrected chi connectivity index (χ1v) is 31.5. The van der Waals surface area contributed by atoms with E-state index in [1.165, 1.54) is 29.4 Å². The van der Waals surface area contributed by atoms with Gasteiger partial charge >= 0.3 is 6.09 Å². The highest BCUT2D eigenvalue weighted by Gasteiger charge is 2.40. The Balaban J connectivity index is 1.51. The van der Waals surface area contributed by atoms with Crippen LogP contribution in [0.3, 0.4) is 0 Å². The summed E-state index contributed by atoms with van der Waals surface area (Å²) >= 11 is 0. The molecule has 19 nitrogen and oxygen atoms in total. The summed E-state index contributed by atoms with van der Waals surface area (Å²) in [5.74, 6) is 1.30. The van der Waals surface area contributed by atoms with Crippen molar-refractivity contribution in [2.75, 3.05) is 58.2 Å². The molecule has 0 atom stereocenters. The van der Waals surface area contributed by atoms with Gasteiger partial charge in [-0.2, -0.15) is 9.10 Å². The summed E-state index contributed by atoms with van der Waals surface area (Å²) in [5.41, 5.74) is 1.40. The molecule has 1 fully saturated rings. The highest BCUT2D eigenvalue weighted by Crippen LogP contribution is 2.43. The van der Waals surface area contributed by atoms with Gasteiger partial charge in [-0.15, -0.1) is 10.2 Å². The van der Waals surface area contributed by atoms with Gasteiger partial charge in [-0.05, 0) is 110 Å². The molecule has 0 unspecified atom stereocenters. The number of carbonyl (C=O) groups is 1. The number of rotatable bonds is 22. The molecule has 386 valence electrons. The third kappa shape index (κ3) is 13.9. The number of tetrazole rings is 1. The lowest BCUT2D eigenvalue weighted by Gasteiger charge is -2.36. The molecule has 6 rings (SSSR count). The van der Waals surface area contributed by atoms with Gasteiger partial charge in [0.25, 0.3) is 0 Å². The first-order valence-electron chi connectivity index (χ1n) is 23.2. The van der Waals surface area contributed by atoms with Gasteiger partial charge in [-0.1, -0.05) is 56.0 Å². The van der Waals surface area contributed by atoms with Crippen LogP contribution in [0.5, 0.6) is 17.2 Å². The van der Waals surface area contributed by atoms with E-state index < -0.39 is 64.6 Å². The number of sulfonamides is 2. The fourth-order valence-corrected chi connectivity index (χ4v) is 16.4. The summed E-state index contributed by atoms with van der Waals surface area (Å²) in [6.07, 6.45) is -0.960. The minimum absolute atomic E-state index is 0.0647. The number of hydrogen-bond acceptors (Lipinski definition) is 14. The van der Waals surface area contributed by atoms with E-state index in [1.807, 2.05) is 36.7 Å². The number of nitrogens with zero attached hydrogens (tertiary/aromatic N) is 7. The molecule has 1 amide bonds. The van der Waals surface area contributed by atoms with Crippen LogP contribution >= 0.6 is 0 Å². The van der Waals surface area contributed by atoms with E-state index in [0.717, 1.165) is 10.5 Å². The van der Waals surface area contributed by atoms with Gasteiger partial charge in [0, 0.05) is 58.6 Å². The van der Waals surface area contributed by atoms with E-state index in [0.29, 0.717) is 34.4 Å². The summed E-state index contributed by atoms with van der Waals surface area (Å²) < 4.78 is 109. The summed E-state index contributed by atoms with van der Waals surface area (Å²) in [6.45, 7) is 11.1. The molecule has 1 saturated heterocycles. The van der Waals surface area contributed by atoms with Crippen LogP contribution in [0.1, 0.15) is 50.3 Å². The molecular weight excluding hydrogens is 989 g/mol. The molecule has 4 aromatic carbocycles. The molecule has 2 heterocycles. The Morgan fingerprint density at radius 3 is 1.75 bits per heavy atom. The molecule has 23 heteroatoms. The maximum atomic E-state index is 16.1. The Labute approximate surface area is 419 Å². The van der Waals surface area contributed by atoms with Crippen LogP contribution in [0, 0.1) is 0 Å². The van der Waals surface area contributed by atoms with E-state index in [1.54, 1.807) is 94.6 Å². The molecule has 0 saturated carbocycles. The third-order valence-electron chi connectivity index (χ3n) is 12.2.